The fraction of sp³-hybridized carbons (Fsp3) is 0.407. The third kappa shape index (κ3) is 4.21. The molecule has 6 heterocycles. The largest absolute Gasteiger partial charge is 0.376 e. The van der Waals surface area contributed by atoms with Crippen LogP contribution in [0, 0.1) is 17.8 Å². The van der Waals surface area contributed by atoms with Crippen LogP contribution in [0.5, 0.6) is 0 Å². The molecule has 1 N–H and O–H groups in total. The first-order chi connectivity index (χ1) is 17.3. The molecule has 9 heteroatoms. The van der Waals surface area contributed by atoms with Gasteiger partial charge in [-0.25, -0.2) is 4.52 Å². The lowest BCUT2D eigenvalue weighted by atomic mass is 9.83. The van der Waals surface area contributed by atoms with Crippen LogP contribution in [-0.2, 0) is 4.74 Å². The smallest absolute Gasteiger partial charge is 0.208 e. The van der Waals surface area contributed by atoms with E-state index >= 15 is 0 Å². The highest BCUT2D eigenvalue weighted by atomic mass is 32.1. The fourth-order valence-electron chi connectivity index (χ4n) is 4.70. The van der Waals surface area contributed by atoms with E-state index in [0.29, 0.717) is 18.6 Å². The van der Waals surface area contributed by atoms with Crippen molar-refractivity contribution in [2.45, 2.75) is 39.2 Å². The molecule has 8 nitrogen and oxygen atoms in total. The molecule has 0 radical (unpaired) electrons. The highest BCUT2D eigenvalue weighted by Crippen LogP contribution is 2.39. The summed E-state index contributed by atoms with van der Waals surface area (Å²) in [4.78, 5) is 7.17. The second kappa shape index (κ2) is 8.57. The lowest BCUT2D eigenvalue weighted by molar-refractivity contribution is -0.0318. The van der Waals surface area contributed by atoms with E-state index in [0.717, 1.165) is 69.8 Å². The first-order valence-electron chi connectivity index (χ1n) is 12.2. The number of hydrogen-bond acceptors (Lipinski definition) is 8. The summed E-state index contributed by atoms with van der Waals surface area (Å²) in [7, 11) is 0. The molecular formula is C27H29N7OS. The standard InChI is InChI=1S/C27H29N7OS/c1-5-18-12-19-6-7-23(34(19)29-14-18)22-13-21(30-27(4)16-35-17-27)20(15-28-22)24-31-32-25(36-24)33-10-8-26(2,3)9-11-33/h1,6-7,12-15H,8-11,16-17H2,2-4H3,(H,28,30). The number of ether oxygens (including phenoxy) is 1. The Balaban J connectivity index is 1.36. The second-order valence-electron chi connectivity index (χ2n) is 10.8. The third-order valence-electron chi connectivity index (χ3n) is 7.14. The Morgan fingerprint density at radius 3 is 2.61 bits per heavy atom. The number of terminal acetylenes is 1. The SMILES string of the molecule is C#Cc1cnn2c(-c3cc(NC4(C)COC4)c(-c4nnc(N5CCC(C)(C)CC5)s4)cn3)ccc2c1. The van der Waals surface area contributed by atoms with Crippen molar-refractivity contribution in [1.82, 2.24) is 24.8 Å². The number of nitrogens with one attached hydrogen (secondary N) is 1. The number of piperidine rings is 1. The lowest BCUT2D eigenvalue weighted by Crippen LogP contribution is -2.53. The number of nitrogens with zero attached hydrogens (tertiary/aromatic N) is 6. The van der Waals surface area contributed by atoms with Crippen molar-refractivity contribution in [1.29, 1.82) is 0 Å². The van der Waals surface area contributed by atoms with Gasteiger partial charge in [-0.05, 0) is 49.4 Å². The number of aromatic nitrogens is 5. The molecule has 0 saturated carbocycles. The van der Waals surface area contributed by atoms with Gasteiger partial charge in [0.15, 0.2) is 5.01 Å². The minimum Gasteiger partial charge on any atom is -0.376 e. The van der Waals surface area contributed by atoms with Crippen molar-refractivity contribution in [3.63, 3.8) is 0 Å². The highest BCUT2D eigenvalue weighted by Gasteiger charge is 2.34. The summed E-state index contributed by atoms with van der Waals surface area (Å²) in [6.07, 6.45) is 11.4. The van der Waals surface area contributed by atoms with Crippen LogP contribution in [0.1, 0.15) is 39.2 Å². The molecule has 2 aliphatic rings. The van der Waals surface area contributed by atoms with Crippen molar-refractivity contribution >= 4 is 27.7 Å². The zero-order chi connectivity index (χ0) is 24.9. The number of rotatable bonds is 5. The van der Waals surface area contributed by atoms with Crippen LogP contribution in [0.15, 0.2) is 36.7 Å². The minimum absolute atomic E-state index is 0.138. The van der Waals surface area contributed by atoms with E-state index < -0.39 is 0 Å². The number of fused-ring (bicyclic) bond motifs is 1. The normalized spacial score (nSPS) is 18.6. The average Bonchev–Trinajstić information content (AvgIpc) is 3.50. The summed E-state index contributed by atoms with van der Waals surface area (Å²) in [6.45, 7) is 10.2. The molecule has 2 aliphatic heterocycles. The number of hydrogen-bond donors (Lipinski definition) is 1. The van der Waals surface area contributed by atoms with Gasteiger partial charge in [-0.3, -0.25) is 4.98 Å². The molecule has 4 aromatic rings. The molecule has 4 aromatic heterocycles. The van der Waals surface area contributed by atoms with E-state index in [1.54, 1.807) is 17.5 Å². The molecule has 6 rings (SSSR count). The molecule has 0 amide bonds. The van der Waals surface area contributed by atoms with Crippen molar-refractivity contribution in [3.05, 3.63) is 42.2 Å². The Labute approximate surface area is 214 Å². The molecule has 0 spiro atoms. The quantitative estimate of drug-likeness (QED) is 0.398. The molecule has 0 aromatic carbocycles. The van der Waals surface area contributed by atoms with Crippen LogP contribution in [0.25, 0.3) is 27.5 Å². The van der Waals surface area contributed by atoms with Crippen molar-refractivity contribution in [2.75, 3.05) is 36.5 Å². The first kappa shape index (κ1) is 23.0. The van der Waals surface area contributed by atoms with Gasteiger partial charge in [0.2, 0.25) is 5.13 Å². The van der Waals surface area contributed by atoms with Crippen LogP contribution in [-0.4, -0.2) is 56.6 Å². The zero-order valence-electron chi connectivity index (χ0n) is 20.8. The Morgan fingerprint density at radius 2 is 1.89 bits per heavy atom. The van der Waals surface area contributed by atoms with Crippen LogP contribution < -0.4 is 10.2 Å². The number of pyridine rings is 1. The summed E-state index contributed by atoms with van der Waals surface area (Å²) in [5.41, 5.74) is 5.54. The summed E-state index contributed by atoms with van der Waals surface area (Å²) in [6, 6.07) is 8.04. The maximum absolute atomic E-state index is 5.55. The summed E-state index contributed by atoms with van der Waals surface area (Å²) in [5, 5.41) is 19.2. The van der Waals surface area contributed by atoms with Gasteiger partial charge in [0, 0.05) is 30.5 Å². The van der Waals surface area contributed by atoms with Crippen molar-refractivity contribution < 1.29 is 4.74 Å². The maximum Gasteiger partial charge on any atom is 0.208 e. The summed E-state index contributed by atoms with van der Waals surface area (Å²) < 4.78 is 7.36. The maximum atomic E-state index is 5.55. The van der Waals surface area contributed by atoms with E-state index in [4.69, 9.17) is 16.1 Å². The van der Waals surface area contributed by atoms with Gasteiger partial charge in [-0.2, -0.15) is 5.10 Å². The summed E-state index contributed by atoms with van der Waals surface area (Å²) >= 11 is 1.62. The van der Waals surface area contributed by atoms with Crippen LogP contribution in [0.3, 0.4) is 0 Å². The van der Waals surface area contributed by atoms with Gasteiger partial charge in [0.25, 0.3) is 0 Å². The van der Waals surface area contributed by atoms with Gasteiger partial charge in [0.05, 0.1) is 47.4 Å². The van der Waals surface area contributed by atoms with Crippen LogP contribution in [0.4, 0.5) is 10.8 Å². The second-order valence-corrected chi connectivity index (χ2v) is 11.7. The average molecular weight is 500 g/mol. The highest BCUT2D eigenvalue weighted by molar-refractivity contribution is 7.18. The monoisotopic (exact) mass is 499 g/mol. The zero-order valence-corrected chi connectivity index (χ0v) is 21.6. The third-order valence-corrected chi connectivity index (χ3v) is 8.16. The Morgan fingerprint density at radius 1 is 1.08 bits per heavy atom. The molecule has 0 aliphatic carbocycles. The molecule has 0 atom stereocenters. The first-order valence-corrected chi connectivity index (χ1v) is 13.0. The van der Waals surface area contributed by atoms with E-state index in [9.17, 15) is 0 Å². The van der Waals surface area contributed by atoms with Gasteiger partial charge in [-0.1, -0.05) is 31.1 Å². The predicted octanol–water partition coefficient (Wildman–Crippen LogP) is 4.72. The van der Waals surface area contributed by atoms with E-state index in [1.165, 1.54) is 0 Å². The fourth-order valence-corrected chi connectivity index (χ4v) is 5.62. The van der Waals surface area contributed by atoms with Gasteiger partial charge >= 0.3 is 0 Å². The van der Waals surface area contributed by atoms with Gasteiger partial charge in [0.1, 0.15) is 0 Å². The minimum atomic E-state index is -0.138. The molecule has 2 fully saturated rings. The Kier molecular flexibility index (Phi) is 5.47. The molecule has 184 valence electrons. The van der Waals surface area contributed by atoms with Crippen molar-refractivity contribution in [2.24, 2.45) is 5.41 Å². The van der Waals surface area contributed by atoms with E-state index in [1.807, 2.05) is 28.9 Å². The van der Waals surface area contributed by atoms with E-state index in [2.05, 4.69) is 58.3 Å². The molecule has 36 heavy (non-hydrogen) atoms. The van der Waals surface area contributed by atoms with E-state index in [-0.39, 0.29) is 5.54 Å². The molecular weight excluding hydrogens is 470 g/mol. The predicted molar refractivity (Wildman–Crippen MR) is 143 cm³/mol. The molecule has 2 saturated heterocycles. The Hall–Kier alpha value is -3.48. The lowest BCUT2D eigenvalue weighted by Gasteiger charge is -2.40. The molecule has 0 unspecified atom stereocenters. The van der Waals surface area contributed by atoms with Gasteiger partial charge in [-0.15, -0.1) is 16.6 Å². The van der Waals surface area contributed by atoms with Crippen molar-refractivity contribution in [3.8, 4) is 34.3 Å². The van der Waals surface area contributed by atoms with Crippen LogP contribution in [0.2, 0.25) is 0 Å². The van der Waals surface area contributed by atoms with Crippen LogP contribution >= 0.6 is 11.3 Å². The van der Waals surface area contributed by atoms with Gasteiger partial charge < -0.3 is 15.0 Å². The Bertz CT molecular complexity index is 1470. The number of anilines is 2. The summed E-state index contributed by atoms with van der Waals surface area (Å²) in [5.74, 6) is 2.64. The topological polar surface area (TPSA) is 80.5 Å². The molecule has 0 bridgehead atoms.